The van der Waals surface area contributed by atoms with Gasteiger partial charge in [0.25, 0.3) is 0 Å². The molecule has 0 unspecified atom stereocenters. The second-order valence-electron chi connectivity index (χ2n) is 5.28. The van der Waals surface area contributed by atoms with Gasteiger partial charge in [-0.25, -0.2) is 8.42 Å². The molecule has 0 aromatic heterocycles. The molecule has 19 heavy (non-hydrogen) atoms. The van der Waals surface area contributed by atoms with E-state index in [-0.39, 0.29) is 5.60 Å². The molecule has 0 atom stereocenters. The molecule has 0 heterocycles. The van der Waals surface area contributed by atoms with Crippen molar-refractivity contribution in [2.75, 3.05) is 19.3 Å². The lowest BCUT2D eigenvalue weighted by Gasteiger charge is -2.27. The normalized spacial score (nSPS) is 12.4. The lowest BCUT2D eigenvalue weighted by molar-refractivity contribution is 0.108. The van der Waals surface area contributed by atoms with Gasteiger partial charge in [-0.3, -0.25) is 0 Å². The molecule has 0 aliphatic rings. The van der Waals surface area contributed by atoms with Crippen LogP contribution in [0.25, 0.3) is 0 Å². The first-order valence-electron chi connectivity index (χ1n) is 6.44. The topological polar surface area (TPSA) is 55.4 Å². The molecular formula is C14H23NO3S. The van der Waals surface area contributed by atoms with Crippen molar-refractivity contribution in [3.05, 3.63) is 24.3 Å². The van der Waals surface area contributed by atoms with Crippen LogP contribution in [0, 0.1) is 0 Å². The van der Waals surface area contributed by atoms with Crippen LogP contribution in [-0.2, 0) is 9.84 Å². The van der Waals surface area contributed by atoms with Crippen molar-refractivity contribution in [3.8, 4) is 5.75 Å². The zero-order valence-corrected chi connectivity index (χ0v) is 12.9. The Bertz CT molecular complexity index is 492. The molecule has 4 nitrogen and oxygen atoms in total. The lowest BCUT2D eigenvalue weighted by Crippen LogP contribution is -2.40. The second kappa shape index (κ2) is 6.39. The van der Waals surface area contributed by atoms with E-state index in [1.807, 2.05) is 13.8 Å². The van der Waals surface area contributed by atoms with E-state index in [0.29, 0.717) is 10.6 Å². The van der Waals surface area contributed by atoms with Crippen molar-refractivity contribution < 1.29 is 13.2 Å². The molecule has 108 valence electrons. The van der Waals surface area contributed by atoms with Crippen molar-refractivity contribution >= 4 is 9.84 Å². The molecule has 0 amide bonds. The van der Waals surface area contributed by atoms with Gasteiger partial charge >= 0.3 is 0 Å². The summed E-state index contributed by atoms with van der Waals surface area (Å²) in [5, 5.41) is 3.31. The maximum atomic E-state index is 11.4. The van der Waals surface area contributed by atoms with Gasteiger partial charge in [0.1, 0.15) is 11.4 Å². The van der Waals surface area contributed by atoms with E-state index in [4.69, 9.17) is 4.74 Å². The summed E-state index contributed by atoms with van der Waals surface area (Å²) >= 11 is 0. The fraction of sp³-hybridized carbons (Fsp3) is 0.571. The number of ether oxygens (including phenoxy) is 1. The highest BCUT2D eigenvalue weighted by atomic mass is 32.2. The SMILES string of the molecule is CCCNCC(C)(C)Oc1ccc(S(C)(=O)=O)cc1. The summed E-state index contributed by atoms with van der Waals surface area (Å²) in [7, 11) is -3.15. The summed E-state index contributed by atoms with van der Waals surface area (Å²) in [5.74, 6) is 0.677. The first-order chi connectivity index (χ1) is 8.74. The predicted octanol–water partition coefficient (Wildman–Crippen LogP) is 2.25. The summed E-state index contributed by atoms with van der Waals surface area (Å²) in [6, 6.07) is 6.52. The summed E-state index contributed by atoms with van der Waals surface area (Å²) in [6.45, 7) is 7.82. The summed E-state index contributed by atoms with van der Waals surface area (Å²) in [4.78, 5) is 0.307. The first-order valence-corrected chi connectivity index (χ1v) is 8.33. The van der Waals surface area contributed by atoms with E-state index < -0.39 is 9.84 Å². The van der Waals surface area contributed by atoms with Crippen molar-refractivity contribution in [1.82, 2.24) is 5.32 Å². The van der Waals surface area contributed by atoms with Gasteiger partial charge in [-0.2, -0.15) is 0 Å². The molecule has 0 bridgehead atoms. The van der Waals surface area contributed by atoms with E-state index in [9.17, 15) is 8.42 Å². The third-order valence-electron chi connectivity index (χ3n) is 2.62. The number of nitrogens with one attached hydrogen (secondary N) is 1. The molecule has 1 aromatic rings. The molecule has 1 rings (SSSR count). The van der Waals surface area contributed by atoms with Crippen LogP contribution >= 0.6 is 0 Å². The minimum absolute atomic E-state index is 0.307. The Kier molecular flexibility index (Phi) is 5.38. The fourth-order valence-electron chi connectivity index (χ4n) is 1.68. The van der Waals surface area contributed by atoms with Gasteiger partial charge in [-0.1, -0.05) is 6.92 Å². The van der Waals surface area contributed by atoms with Gasteiger partial charge in [0.15, 0.2) is 9.84 Å². The number of hydrogen-bond donors (Lipinski definition) is 1. The van der Waals surface area contributed by atoms with Crippen LogP contribution in [0.5, 0.6) is 5.75 Å². The molecule has 0 radical (unpaired) electrons. The van der Waals surface area contributed by atoms with Gasteiger partial charge in [0.05, 0.1) is 4.90 Å². The van der Waals surface area contributed by atoms with Crippen LogP contribution in [0.15, 0.2) is 29.2 Å². The molecule has 0 aliphatic heterocycles. The minimum Gasteiger partial charge on any atom is -0.487 e. The van der Waals surface area contributed by atoms with E-state index >= 15 is 0 Å². The monoisotopic (exact) mass is 285 g/mol. The van der Waals surface area contributed by atoms with Crippen molar-refractivity contribution in [2.45, 2.75) is 37.7 Å². The number of sulfone groups is 1. The van der Waals surface area contributed by atoms with Gasteiger partial charge in [-0.15, -0.1) is 0 Å². The highest BCUT2D eigenvalue weighted by molar-refractivity contribution is 7.90. The van der Waals surface area contributed by atoms with Gasteiger partial charge < -0.3 is 10.1 Å². The number of benzene rings is 1. The van der Waals surface area contributed by atoms with Crippen molar-refractivity contribution in [3.63, 3.8) is 0 Å². The highest BCUT2D eigenvalue weighted by Crippen LogP contribution is 2.20. The van der Waals surface area contributed by atoms with E-state index in [1.54, 1.807) is 24.3 Å². The van der Waals surface area contributed by atoms with Gasteiger partial charge in [0.2, 0.25) is 0 Å². The summed E-state index contributed by atoms with van der Waals surface area (Å²) < 4.78 is 28.6. The highest BCUT2D eigenvalue weighted by Gasteiger charge is 2.19. The van der Waals surface area contributed by atoms with Gasteiger partial charge in [-0.05, 0) is 51.1 Å². The van der Waals surface area contributed by atoms with E-state index in [0.717, 1.165) is 19.5 Å². The Hall–Kier alpha value is -1.07. The maximum Gasteiger partial charge on any atom is 0.175 e. The third-order valence-corrected chi connectivity index (χ3v) is 3.75. The summed E-state index contributed by atoms with van der Waals surface area (Å²) in [6.07, 6.45) is 2.28. The molecular weight excluding hydrogens is 262 g/mol. The number of hydrogen-bond acceptors (Lipinski definition) is 4. The van der Waals surface area contributed by atoms with E-state index in [1.165, 1.54) is 6.26 Å². The average molecular weight is 285 g/mol. The molecule has 0 saturated heterocycles. The van der Waals surface area contributed by atoms with Crippen LogP contribution in [0.2, 0.25) is 0 Å². The predicted molar refractivity (Wildman–Crippen MR) is 77.4 cm³/mol. The Morgan fingerprint density at radius 2 is 1.79 bits per heavy atom. The van der Waals surface area contributed by atoms with Crippen LogP contribution in [0.4, 0.5) is 0 Å². The van der Waals surface area contributed by atoms with E-state index in [2.05, 4.69) is 12.2 Å². The Balaban J connectivity index is 2.67. The lowest BCUT2D eigenvalue weighted by atomic mass is 10.1. The van der Waals surface area contributed by atoms with Crippen molar-refractivity contribution in [2.24, 2.45) is 0 Å². The maximum absolute atomic E-state index is 11.4. The second-order valence-corrected chi connectivity index (χ2v) is 7.30. The largest absolute Gasteiger partial charge is 0.487 e. The fourth-order valence-corrected chi connectivity index (χ4v) is 2.31. The van der Waals surface area contributed by atoms with Gasteiger partial charge in [0, 0.05) is 12.8 Å². The Morgan fingerprint density at radius 3 is 2.26 bits per heavy atom. The number of rotatable bonds is 7. The molecule has 0 spiro atoms. The smallest absolute Gasteiger partial charge is 0.175 e. The minimum atomic E-state index is -3.15. The third kappa shape index (κ3) is 5.61. The van der Waals surface area contributed by atoms with Crippen LogP contribution in [-0.4, -0.2) is 33.4 Å². The molecule has 1 aromatic carbocycles. The Morgan fingerprint density at radius 1 is 1.21 bits per heavy atom. The molecule has 0 saturated carbocycles. The molecule has 0 aliphatic carbocycles. The average Bonchev–Trinajstić information content (AvgIpc) is 2.28. The van der Waals surface area contributed by atoms with Crippen LogP contribution in [0.1, 0.15) is 27.2 Å². The molecule has 1 N–H and O–H groups in total. The zero-order valence-electron chi connectivity index (χ0n) is 12.1. The molecule has 0 fully saturated rings. The molecule has 5 heteroatoms. The first kappa shape index (κ1) is 16.0. The quantitative estimate of drug-likeness (QED) is 0.781. The summed E-state index contributed by atoms with van der Waals surface area (Å²) in [5.41, 5.74) is -0.332. The van der Waals surface area contributed by atoms with Crippen LogP contribution < -0.4 is 10.1 Å². The van der Waals surface area contributed by atoms with Crippen molar-refractivity contribution in [1.29, 1.82) is 0 Å². The Labute approximate surface area is 116 Å². The van der Waals surface area contributed by atoms with Crippen LogP contribution in [0.3, 0.4) is 0 Å². The standard InChI is InChI=1S/C14H23NO3S/c1-5-10-15-11-14(2,3)18-12-6-8-13(9-7-12)19(4,16)17/h6-9,15H,5,10-11H2,1-4H3. The zero-order chi connectivity index (χ0) is 14.5.